The minimum Gasteiger partial charge on any atom is -0.269 e. The van der Waals surface area contributed by atoms with E-state index in [0.29, 0.717) is 29.9 Å². The number of aryl methyl sites for hydroxylation is 1. The molecule has 0 radical (unpaired) electrons. The molecule has 5 nitrogen and oxygen atoms in total. The zero-order chi connectivity index (χ0) is 21.7. The summed E-state index contributed by atoms with van der Waals surface area (Å²) >= 11 is 0. The fourth-order valence-electron chi connectivity index (χ4n) is 3.62. The second-order valence-corrected chi connectivity index (χ2v) is 7.36. The summed E-state index contributed by atoms with van der Waals surface area (Å²) in [6.07, 6.45) is 7.50. The van der Waals surface area contributed by atoms with E-state index in [-0.39, 0.29) is 5.91 Å². The zero-order valence-corrected chi connectivity index (χ0v) is 17.5. The van der Waals surface area contributed by atoms with Crippen LogP contribution in [0.25, 0.3) is 0 Å². The molecule has 1 aliphatic carbocycles. The lowest BCUT2D eigenvalue weighted by Gasteiger charge is -2.23. The van der Waals surface area contributed by atoms with E-state index in [9.17, 15) is 13.6 Å². The molecule has 0 bridgehead atoms. The predicted octanol–water partition coefficient (Wildman–Crippen LogP) is 5.36. The quantitative estimate of drug-likeness (QED) is 0.573. The third-order valence-corrected chi connectivity index (χ3v) is 5.20. The number of benzene rings is 1. The molecule has 2 heterocycles. The third-order valence-electron chi connectivity index (χ3n) is 5.20. The summed E-state index contributed by atoms with van der Waals surface area (Å²) < 4.78 is 29.1. The normalized spacial score (nSPS) is 17.6. The SMILES string of the molecule is C=C(CCCn1nccc1C1CC1)C(=O)N1N=CCC1c1cc(F)cc(F)c1.CC. The van der Waals surface area contributed by atoms with Gasteiger partial charge in [-0.3, -0.25) is 9.48 Å². The number of rotatable bonds is 7. The van der Waals surface area contributed by atoms with Crippen molar-refractivity contribution in [2.75, 3.05) is 0 Å². The molecule has 2 aliphatic rings. The Bertz CT molecular complexity index is 913. The molecule has 0 saturated heterocycles. The smallest absolute Gasteiger partial charge is 0.269 e. The molecule has 4 rings (SSSR count). The average molecular weight is 415 g/mol. The molecule has 7 heteroatoms. The molecule has 0 spiro atoms. The maximum absolute atomic E-state index is 13.6. The number of carbonyl (C=O) groups excluding carboxylic acids is 1. The van der Waals surface area contributed by atoms with Crippen molar-refractivity contribution in [3.63, 3.8) is 0 Å². The summed E-state index contributed by atoms with van der Waals surface area (Å²) in [4.78, 5) is 12.8. The summed E-state index contributed by atoms with van der Waals surface area (Å²) in [5.74, 6) is -1.03. The van der Waals surface area contributed by atoms with Gasteiger partial charge in [0.15, 0.2) is 0 Å². The Kier molecular flexibility index (Phi) is 7.13. The molecule has 1 aromatic carbocycles. The number of hydrogen-bond donors (Lipinski definition) is 0. The lowest BCUT2D eigenvalue weighted by molar-refractivity contribution is -0.129. The Morgan fingerprint density at radius 1 is 1.20 bits per heavy atom. The van der Waals surface area contributed by atoms with Crippen molar-refractivity contribution >= 4 is 12.1 Å². The van der Waals surface area contributed by atoms with Gasteiger partial charge in [-0.1, -0.05) is 20.4 Å². The van der Waals surface area contributed by atoms with Gasteiger partial charge in [0, 0.05) is 48.6 Å². The van der Waals surface area contributed by atoms with Crippen LogP contribution in [0.5, 0.6) is 0 Å². The van der Waals surface area contributed by atoms with Gasteiger partial charge in [0.05, 0.1) is 6.04 Å². The van der Waals surface area contributed by atoms with E-state index >= 15 is 0 Å². The number of nitrogens with zero attached hydrogens (tertiary/aromatic N) is 4. The van der Waals surface area contributed by atoms with E-state index in [1.54, 1.807) is 6.21 Å². The largest absolute Gasteiger partial charge is 0.269 e. The Morgan fingerprint density at radius 3 is 2.57 bits per heavy atom. The first kappa shape index (κ1) is 21.9. The molecule has 1 fully saturated rings. The molecule has 1 saturated carbocycles. The second kappa shape index (κ2) is 9.78. The van der Waals surface area contributed by atoms with Crippen LogP contribution in [0.2, 0.25) is 0 Å². The van der Waals surface area contributed by atoms with Gasteiger partial charge in [0.2, 0.25) is 0 Å². The van der Waals surface area contributed by atoms with Crippen LogP contribution in [-0.4, -0.2) is 26.9 Å². The third kappa shape index (κ3) is 5.01. The molecule has 1 atom stereocenters. The molecule has 30 heavy (non-hydrogen) atoms. The highest BCUT2D eigenvalue weighted by atomic mass is 19.1. The fourth-order valence-corrected chi connectivity index (χ4v) is 3.62. The highest BCUT2D eigenvalue weighted by Crippen LogP contribution is 2.39. The minimum absolute atomic E-state index is 0.314. The molecular formula is C23H28F2N4O. The van der Waals surface area contributed by atoms with Crippen molar-refractivity contribution in [1.29, 1.82) is 0 Å². The van der Waals surface area contributed by atoms with Crippen molar-refractivity contribution in [3.8, 4) is 0 Å². The van der Waals surface area contributed by atoms with Crippen LogP contribution >= 0.6 is 0 Å². The number of hydrogen-bond acceptors (Lipinski definition) is 3. The Labute approximate surface area is 176 Å². The monoisotopic (exact) mass is 414 g/mol. The van der Waals surface area contributed by atoms with E-state index < -0.39 is 17.7 Å². The summed E-state index contributed by atoms with van der Waals surface area (Å²) in [7, 11) is 0. The van der Waals surface area contributed by atoms with Crippen LogP contribution in [-0.2, 0) is 11.3 Å². The highest BCUT2D eigenvalue weighted by Gasteiger charge is 2.30. The molecule has 1 aliphatic heterocycles. The molecule has 1 amide bonds. The lowest BCUT2D eigenvalue weighted by Crippen LogP contribution is -2.28. The summed E-state index contributed by atoms with van der Waals surface area (Å²) in [5, 5.41) is 9.75. The van der Waals surface area contributed by atoms with Crippen molar-refractivity contribution in [1.82, 2.24) is 14.8 Å². The van der Waals surface area contributed by atoms with Gasteiger partial charge in [0.1, 0.15) is 11.6 Å². The number of amides is 1. The zero-order valence-electron chi connectivity index (χ0n) is 17.5. The van der Waals surface area contributed by atoms with Crippen molar-refractivity contribution in [2.45, 2.75) is 64.5 Å². The number of carbonyl (C=O) groups is 1. The summed E-state index contributed by atoms with van der Waals surface area (Å²) in [6, 6.07) is 4.84. The van der Waals surface area contributed by atoms with Crippen molar-refractivity contribution in [2.24, 2.45) is 5.10 Å². The summed E-state index contributed by atoms with van der Waals surface area (Å²) in [5.41, 5.74) is 2.08. The van der Waals surface area contributed by atoms with Crippen LogP contribution < -0.4 is 0 Å². The number of aromatic nitrogens is 2. The first-order chi connectivity index (χ1) is 14.5. The Balaban J connectivity index is 0.00000124. The van der Waals surface area contributed by atoms with Gasteiger partial charge >= 0.3 is 0 Å². The predicted molar refractivity (Wildman–Crippen MR) is 113 cm³/mol. The van der Waals surface area contributed by atoms with E-state index in [2.05, 4.69) is 22.8 Å². The van der Waals surface area contributed by atoms with Crippen LogP contribution in [0, 0.1) is 11.6 Å². The van der Waals surface area contributed by atoms with E-state index in [1.807, 2.05) is 24.7 Å². The first-order valence-electron chi connectivity index (χ1n) is 10.5. The van der Waals surface area contributed by atoms with Crippen LogP contribution in [0.15, 0.2) is 47.7 Å². The van der Waals surface area contributed by atoms with Gasteiger partial charge < -0.3 is 0 Å². The van der Waals surface area contributed by atoms with Gasteiger partial charge in [-0.2, -0.15) is 10.2 Å². The second-order valence-electron chi connectivity index (χ2n) is 7.36. The summed E-state index contributed by atoms with van der Waals surface area (Å²) in [6.45, 7) is 8.64. The van der Waals surface area contributed by atoms with Crippen molar-refractivity contribution < 1.29 is 13.6 Å². The molecule has 2 aromatic rings. The van der Waals surface area contributed by atoms with Gasteiger partial charge in [-0.05, 0) is 49.4 Å². The lowest BCUT2D eigenvalue weighted by atomic mass is 10.0. The topological polar surface area (TPSA) is 50.5 Å². The van der Waals surface area contributed by atoms with Crippen LogP contribution in [0.3, 0.4) is 0 Å². The minimum atomic E-state index is -0.668. The van der Waals surface area contributed by atoms with Gasteiger partial charge in [-0.15, -0.1) is 0 Å². The molecule has 1 aromatic heterocycles. The fraction of sp³-hybridized carbons (Fsp3) is 0.435. The Morgan fingerprint density at radius 2 is 1.90 bits per heavy atom. The average Bonchev–Trinajstić information content (AvgIpc) is 3.26. The van der Waals surface area contributed by atoms with Gasteiger partial charge in [-0.25, -0.2) is 13.8 Å². The maximum atomic E-state index is 13.6. The molecule has 160 valence electrons. The number of halogens is 2. The number of hydrazone groups is 1. The van der Waals surface area contributed by atoms with E-state index in [4.69, 9.17) is 0 Å². The van der Waals surface area contributed by atoms with Crippen molar-refractivity contribution in [3.05, 3.63) is 65.5 Å². The molecule has 1 unspecified atom stereocenters. The Hall–Kier alpha value is -2.83. The highest BCUT2D eigenvalue weighted by molar-refractivity contribution is 5.94. The molecule has 0 N–H and O–H groups in total. The standard InChI is InChI=1S/C21H22F2N4O.C2H6/c1-14(3-2-10-26-19(6-8-24-26)15-4-5-15)21(28)27-20(7-9-25-27)16-11-17(22)13-18(23)12-16;1-2/h6,8-9,11-13,15,20H,1-5,7,10H2;1-2H3. The van der Waals surface area contributed by atoms with E-state index in [0.717, 1.165) is 19.0 Å². The van der Waals surface area contributed by atoms with Gasteiger partial charge in [0.25, 0.3) is 5.91 Å². The first-order valence-corrected chi connectivity index (χ1v) is 10.5. The maximum Gasteiger partial charge on any atom is 0.269 e. The van der Waals surface area contributed by atoms with E-state index in [1.165, 1.54) is 35.7 Å². The molecular weight excluding hydrogens is 386 g/mol. The van der Waals surface area contributed by atoms with Crippen LogP contribution in [0.1, 0.15) is 69.2 Å². The van der Waals surface area contributed by atoms with Crippen LogP contribution in [0.4, 0.5) is 8.78 Å².